The van der Waals surface area contributed by atoms with Crippen molar-refractivity contribution >= 4 is 87.5 Å². The normalized spacial score (nSPS) is 12.2. The molecule has 4 aromatic heterocycles. The fraction of sp³-hybridized carbons (Fsp3) is 0. The molecule has 0 amide bonds. The van der Waals surface area contributed by atoms with Crippen LogP contribution >= 0.6 is 0 Å². The molecule has 5 nitrogen and oxygen atoms in total. The summed E-state index contributed by atoms with van der Waals surface area (Å²) in [6.07, 6.45) is 0. The van der Waals surface area contributed by atoms with Crippen LogP contribution in [0.25, 0.3) is 98.9 Å². The van der Waals surface area contributed by atoms with Crippen molar-refractivity contribution in [1.29, 1.82) is 0 Å². The molecule has 11 rings (SSSR count). The van der Waals surface area contributed by atoms with Crippen LogP contribution in [0.3, 0.4) is 0 Å². The highest BCUT2D eigenvalue weighted by atomic mass is 16.3. The number of rotatable bonds is 2. The maximum atomic E-state index is 14.0. The van der Waals surface area contributed by atoms with E-state index in [1.54, 1.807) is 0 Å². The van der Waals surface area contributed by atoms with E-state index in [1.165, 1.54) is 21.5 Å². The van der Waals surface area contributed by atoms with Crippen molar-refractivity contribution < 1.29 is 8.83 Å². The zero-order valence-corrected chi connectivity index (χ0v) is 25.5. The van der Waals surface area contributed by atoms with E-state index in [4.69, 9.17) is 8.83 Å². The van der Waals surface area contributed by atoms with Crippen LogP contribution in [0.15, 0.2) is 159 Å². The van der Waals surface area contributed by atoms with Gasteiger partial charge in [0.1, 0.15) is 16.7 Å². The Bertz CT molecular complexity index is 3100. The maximum Gasteiger partial charge on any atom is 0.200 e. The van der Waals surface area contributed by atoms with Gasteiger partial charge in [0.25, 0.3) is 0 Å². The van der Waals surface area contributed by atoms with Crippen LogP contribution < -0.4 is 5.43 Å². The van der Waals surface area contributed by atoms with E-state index in [0.29, 0.717) is 27.5 Å². The summed E-state index contributed by atoms with van der Waals surface area (Å²) >= 11 is 0. The lowest BCUT2D eigenvalue weighted by Crippen LogP contribution is -2.03. The van der Waals surface area contributed by atoms with Gasteiger partial charge in [-0.15, -0.1) is 0 Å². The fourth-order valence-corrected chi connectivity index (χ4v) is 7.82. The zero-order valence-electron chi connectivity index (χ0n) is 25.5. The van der Waals surface area contributed by atoms with Crippen LogP contribution in [-0.2, 0) is 0 Å². The summed E-state index contributed by atoms with van der Waals surface area (Å²) in [5.41, 5.74) is 8.73. The van der Waals surface area contributed by atoms with Gasteiger partial charge in [-0.1, -0.05) is 84.9 Å². The molecule has 0 aliphatic carbocycles. The molecule has 4 heterocycles. The summed E-state index contributed by atoms with van der Waals surface area (Å²) in [5, 5.41) is 7.65. The number of hydrogen-bond donors (Lipinski definition) is 0. The smallest absolute Gasteiger partial charge is 0.200 e. The number of para-hydroxylation sites is 5. The molecule has 0 fully saturated rings. The van der Waals surface area contributed by atoms with Gasteiger partial charge in [0, 0.05) is 44.1 Å². The van der Waals surface area contributed by atoms with Crippen LogP contribution in [0.4, 0.5) is 0 Å². The molecule has 0 N–H and O–H groups in total. The van der Waals surface area contributed by atoms with Gasteiger partial charge in [0.2, 0.25) is 5.43 Å². The molecule has 0 saturated carbocycles. The van der Waals surface area contributed by atoms with Gasteiger partial charge in [-0.2, -0.15) is 0 Å². The summed E-state index contributed by atoms with van der Waals surface area (Å²) in [6, 6.07) is 49.6. The highest BCUT2D eigenvalue weighted by Gasteiger charge is 2.20. The predicted octanol–water partition coefficient (Wildman–Crippen LogP) is 11.0. The third kappa shape index (κ3) is 3.32. The lowest BCUT2D eigenvalue weighted by Gasteiger charge is -2.09. The molecule has 224 valence electrons. The van der Waals surface area contributed by atoms with Crippen molar-refractivity contribution in [3.05, 3.63) is 156 Å². The molecule has 0 radical (unpaired) electrons. The third-order valence-electron chi connectivity index (χ3n) is 9.91. The molecule has 7 aromatic carbocycles. The highest BCUT2D eigenvalue weighted by molar-refractivity contribution is 6.15. The predicted molar refractivity (Wildman–Crippen MR) is 196 cm³/mol. The van der Waals surface area contributed by atoms with Crippen LogP contribution in [0.2, 0.25) is 0 Å². The van der Waals surface area contributed by atoms with Crippen molar-refractivity contribution in [2.45, 2.75) is 0 Å². The molecule has 0 aliphatic heterocycles. The zero-order chi connectivity index (χ0) is 31.5. The Morgan fingerprint density at radius 2 is 0.875 bits per heavy atom. The van der Waals surface area contributed by atoms with Crippen LogP contribution in [0.1, 0.15) is 0 Å². The van der Waals surface area contributed by atoms with E-state index in [-0.39, 0.29) is 5.43 Å². The van der Waals surface area contributed by atoms with E-state index in [9.17, 15) is 4.79 Å². The number of fused-ring (bicyclic) bond motifs is 11. The molecule has 0 atom stereocenters. The minimum atomic E-state index is -0.0787. The van der Waals surface area contributed by atoms with Gasteiger partial charge in [-0.25, -0.2) is 0 Å². The summed E-state index contributed by atoms with van der Waals surface area (Å²) < 4.78 is 17.7. The first kappa shape index (κ1) is 25.6. The van der Waals surface area contributed by atoms with Crippen molar-refractivity contribution in [3.8, 4) is 11.4 Å². The first-order valence-corrected chi connectivity index (χ1v) is 16.1. The van der Waals surface area contributed by atoms with Gasteiger partial charge >= 0.3 is 0 Å². The summed E-state index contributed by atoms with van der Waals surface area (Å²) in [4.78, 5) is 14.0. The average molecular weight is 617 g/mol. The largest absolute Gasteiger partial charge is 0.456 e. The molecule has 0 bridgehead atoms. The van der Waals surface area contributed by atoms with Gasteiger partial charge in [-0.05, 0) is 54.6 Å². The van der Waals surface area contributed by atoms with E-state index in [1.807, 2.05) is 30.3 Å². The molecule has 0 unspecified atom stereocenters. The van der Waals surface area contributed by atoms with Crippen LogP contribution in [0.5, 0.6) is 0 Å². The second-order valence-electron chi connectivity index (χ2n) is 12.5. The first-order valence-electron chi connectivity index (χ1n) is 16.1. The van der Waals surface area contributed by atoms with Gasteiger partial charge in [0.15, 0.2) is 5.58 Å². The molecular formula is C43H24N2O3. The average Bonchev–Trinajstić information content (AvgIpc) is 3.78. The Balaban J connectivity index is 1.16. The van der Waals surface area contributed by atoms with Crippen molar-refractivity contribution in [2.24, 2.45) is 0 Å². The summed E-state index contributed by atoms with van der Waals surface area (Å²) in [5.74, 6) is 0. The number of hydrogen-bond acceptors (Lipinski definition) is 3. The molecule has 11 aromatic rings. The molecule has 0 aliphatic rings. The lowest BCUT2D eigenvalue weighted by molar-refractivity contribution is 0.656. The standard InChI is InChI=1S/C43H24N2O3/c46-42-31-21-20-25(44-34-15-5-1-10-26(34)27-11-2-6-16-35(27)44)22-39(31)47-41-23-32-30-14-9-19-38(43(30)48-40(32)24-33(41)42)45-36-17-7-3-12-28(36)29-13-4-8-18-37(29)45/h1-24H. The molecular weight excluding hydrogens is 592 g/mol. The topological polar surface area (TPSA) is 53.2 Å². The van der Waals surface area contributed by atoms with Crippen molar-refractivity contribution in [3.63, 3.8) is 0 Å². The van der Waals surface area contributed by atoms with Crippen LogP contribution in [0, 0.1) is 0 Å². The fourth-order valence-electron chi connectivity index (χ4n) is 7.82. The van der Waals surface area contributed by atoms with E-state index < -0.39 is 0 Å². The number of furan rings is 1. The SMILES string of the molecule is O=c1c2ccc(-n3c4ccccc4c4ccccc43)cc2oc2cc3c(cc12)oc1c(-n2c4ccccc4c4ccccc42)cccc13. The third-order valence-corrected chi connectivity index (χ3v) is 9.91. The Hall–Kier alpha value is -6.59. The number of aromatic nitrogens is 2. The maximum absolute atomic E-state index is 14.0. The van der Waals surface area contributed by atoms with Gasteiger partial charge < -0.3 is 18.0 Å². The number of benzene rings is 7. The van der Waals surface area contributed by atoms with E-state index in [0.717, 1.165) is 49.8 Å². The molecule has 0 saturated heterocycles. The second kappa shape index (κ2) is 9.24. The van der Waals surface area contributed by atoms with Gasteiger partial charge in [-0.3, -0.25) is 4.79 Å². The van der Waals surface area contributed by atoms with Gasteiger partial charge in [0.05, 0.1) is 38.5 Å². The van der Waals surface area contributed by atoms with Crippen molar-refractivity contribution in [2.75, 3.05) is 0 Å². The quantitative estimate of drug-likeness (QED) is 0.182. The summed E-state index contributed by atoms with van der Waals surface area (Å²) in [7, 11) is 0. The lowest BCUT2D eigenvalue weighted by atomic mass is 10.1. The van der Waals surface area contributed by atoms with E-state index >= 15 is 0 Å². The monoisotopic (exact) mass is 616 g/mol. The minimum absolute atomic E-state index is 0.0787. The highest BCUT2D eigenvalue weighted by Crippen LogP contribution is 2.39. The minimum Gasteiger partial charge on any atom is -0.456 e. The Morgan fingerprint density at radius 1 is 0.375 bits per heavy atom. The summed E-state index contributed by atoms with van der Waals surface area (Å²) in [6.45, 7) is 0. The number of nitrogens with zero attached hydrogens (tertiary/aromatic N) is 2. The van der Waals surface area contributed by atoms with E-state index in [2.05, 4.69) is 124 Å². The molecule has 5 heteroatoms. The first-order chi connectivity index (χ1) is 23.7. The molecule has 48 heavy (non-hydrogen) atoms. The Labute approximate surface area is 272 Å². The second-order valence-corrected chi connectivity index (χ2v) is 12.5. The Morgan fingerprint density at radius 3 is 1.50 bits per heavy atom. The van der Waals surface area contributed by atoms with Crippen LogP contribution in [-0.4, -0.2) is 9.13 Å². The van der Waals surface area contributed by atoms with Crippen molar-refractivity contribution in [1.82, 2.24) is 9.13 Å². The Kier molecular flexibility index (Phi) is 4.93. The molecule has 0 spiro atoms.